The maximum atomic E-state index is 11.9. The van der Waals surface area contributed by atoms with Crippen molar-refractivity contribution in [3.05, 3.63) is 65.2 Å². The molecule has 0 unspecified atom stereocenters. The maximum absolute atomic E-state index is 11.9. The summed E-state index contributed by atoms with van der Waals surface area (Å²) in [5, 5.41) is 2.82. The number of nitrogens with one attached hydrogen (secondary N) is 1. The van der Waals surface area contributed by atoms with Gasteiger partial charge in [0.1, 0.15) is 5.75 Å². The van der Waals surface area contributed by atoms with Crippen LogP contribution >= 0.6 is 0 Å². The minimum atomic E-state index is -0.143. The fraction of sp³-hybridized carbons (Fsp3) is 0.167. The van der Waals surface area contributed by atoms with E-state index in [9.17, 15) is 4.79 Å². The predicted octanol–water partition coefficient (Wildman–Crippen LogP) is 3.96. The Morgan fingerprint density at radius 3 is 2.29 bits per heavy atom. The molecule has 0 heterocycles. The summed E-state index contributed by atoms with van der Waals surface area (Å²) in [4.78, 5) is 11.9. The summed E-state index contributed by atoms with van der Waals surface area (Å²) >= 11 is 0. The van der Waals surface area contributed by atoms with E-state index < -0.39 is 0 Å². The normalized spacial score (nSPS) is 10.6. The summed E-state index contributed by atoms with van der Waals surface area (Å²) in [6.45, 7) is 4.01. The minimum absolute atomic E-state index is 0.143. The van der Waals surface area contributed by atoms with Gasteiger partial charge < -0.3 is 10.1 Å². The summed E-state index contributed by atoms with van der Waals surface area (Å²) in [5.41, 5.74) is 3.99. The number of hydrogen-bond donors (Lipinski definition) is 1. The Morgan fingerprint density at radius 2 is 1.71 bits per heavy atom. The van der Waals surface area contributed by atoms with Crippen molar-refractivity contribution in [1.82, 2.24) is 0 Å². The first-order chi connectivity index (χ1) is 10.1. The van der Waals surface area contributed by atoms with Crippen LogP contribution in [0.2, 0.25) is 0 Å². The third-order valence-electron chi connectivity index (χ3n) is 3.25. The molecule has 1 amide bonds. The van der Waals surface area contributed by atoms with Crippen molar-refractivity contribution < 1.29 is 9.53 Å². The third kappa shape index (κ3) is 3.96. The SMILES string of the molecule is COc1cc(C)c(/C=C/C(=O)Nc2ccccc2)c(C)c1. The van der Waals surface area contributed by atoms with E-state index in [0.29, 0.717) is 0 Å². The Balaban J connectivity index is 2.12. The van der Waals surface area contributed by atoms with Gasteiger partial charge >= 0.3 is 0 Å². The summed E-state index contributed by atoms with van der Waals surface area (Å²) in [6.07, 6.45) is 3.39. The van der Waals surface area contributed by atoms with E-state index >= 15 is 0 Å². The highest BCUT2D eigenvalue weighted by Crippen LogP contribution is 2.22. The smallest absolute Gasteiger partial charge is 0.248 e. The van der Waals surface area contributed by atoms with Crippen molar-refractivity contribution in [2.75, 3.05) is 12.4 Å². The lowest BCUT2D eigenvalue weighted by atomic mass is 10.0. The molecule has 2 aromatic rings. The van der Waals surface area contributed by atoms with Gasteiger partial charge in [0.05, 0.1) is 7.11 Å². The molecule has 0 aromatic heterocycles. The van der Waals surface area contributed by atoms with E-state index in [1.54, 1.807) is 13.2 Å². The number of benzene rings is 2. The van der Waals surface area contributed by atoms with Crippen LogP contribution in [0.15, 0.2) is 48.5 Å². The molecule has 0 radical (unpaired) electrons. The zero-order valence-electron chi connectivity index (χ0n) is 12.5. The average Bonchev–Trinajstić information content (AvgIpc) is 2.47. The molecule has 0 saturated heterocycles. The number of aryl methyl sites for hydroxylation is 2. The van der Waals surface area contributed by atoms with Crippen LogP contribution in [0.25, 0.3) is 6.08 Å². The highest BCUT2D eigenvalue weighted by Gasteiger charge is 2.04. The molecule has 2 aromatic carbocycles. The first kappa shape index (κ1) is 14.9. The molecular weight excluding hydrogens is 262 g/mol. The molecule has 3 nitrogen and oxygen atoms in total. The molecule has 0 aliphatic carbocycles. The molecule has 1 N–H and O–H groups in total. The van der Waals surface area contributed by atoms with E-state index in [0.717, 1.165) is 28.1 Å². The molecule has 0 fully saturated rings. The Kier molecular flexibility index (Phi) is 4.77. The van der Waals surface area contributed by atoms with E-state index in [1.807, 2.05) is 62.4 Å². The molecule has 3 heteroatoms. The maximum Gasteiger partial charge on any atom is 0.248 e. The van der Waals surface area contributed by atoms with Crippen molar-refractivity contribution in [2.24, 2.45) is 0 Å². The molecular formula is C18H19NO2. The Morgan fingerprint density at radius 1 is 1.10 bits per heavy atom. The van der Waals surface area contributed by atoms with Crippen LogP contribution in [0, 0.1) is 13.8 Å². The number of anilines is 1. The van der Waals surface area contributed by atoms with Crippen LogP contribution in [-0.2, 0) is 4.79 Å². The van der Waals surface area contributed by atoms with E-state index in [1.165, 1.54) is 0 Å². The van der Waals surface area contributed by atoms with Crippen molar-refractivity contribution >= 4 is 17.7 Å². The summed E-state index contributed by atoms with van der Waals surface area (Å²) in [7, 11) is 1.65. The van der Waals surface area contributed by atoms with Crippen LogP contribution in [0.4, 0.5) is 5.69 Å². The summed E-state index contributed by atoms with van der Waals surface area (Å²) in [6, 6.07) is 13.3. The van der Waals surface area contributed by atoms with Crippen molar-refractivity contribution in [2.45, 2.75) is 13.8 Å². The number of carbonyl (C=O) groups excluding carboxylic acids is 1. The van der Waals surface area contributed by atoms with E-state index in [-0.39, 0.29) is 5.91 Å². The number of hydrogen-bond acceptors (Lipinski definition) is 2. The van der Waals surface area contributed by atoms with Gasteiger partial charge in [0, 0.05) is 11.8 Å². The lowest BCUT2D eigenvalue weighted by molar-refractivity contribution is -0.111. The second kappa shape index (κ2) is 6.75. The second-order valence-corrected chi connectivity index (χ2v) is 4.86. The average molecular weight is 281 g/mol. The third-order valence-corrected chi connectivity index (χ3v) is 3.25. The Bertz CT molecular complexity index is 637. The highest BCUT2D eigenvalue weighted by atomic mass is 16.5. The van der Waals surface area contributed by atoms with Gasteiger partial charge in [0.15, 0.2) is 0 Å². The summed E-state index contributed by atoms with van der Waals surface area (Å²) in [5.74, 6) is 0.687. The topological polar surface area (TPSA) is 38.3 Å². The minimum Gasteiger partial charge on any atom is -0.497 e. The quantitative estimate of drug-likeness (QED) is 0.861. The molecule has 0 bridgehead atoms. The Hall–Kier alpha value is -2.55. The van der Waals surface area contributed by atoms with E-state index in [4.69, 9.17) is 4.74 Å². The van der Waals surface area contributed by atoms with Gasteiger partial charge in [0.2, 0.25) is 5.91 Å². The predicted molar refractivity (Wildman–Crippen MR) is 86.6 cm³/mol. The van der Waals surface area contributed by atoms with Crippen molar-refractivity contribution in [3.8, 4) is 5.75 Å². The molecule has 0 saturated carbocycles. The van der Waals surface area contributed by atoms with Gasteiger partial charge in [-0.1, -0.05) is 18.2 Å². The van der Waals surface area contributed by atoms with Crippen molar-refractivity contribution in [1.29, 1.82) is 0 Å². The van der Waals surface area contributed by atoms with Crippen LogP contribution in [0.5, 0.6) is 5.75 Å². The van der Waals surface area contributed by atoms with Crippen LogP contribution < -0.4 is 10.1 Å². The molecule has 0 atom stereocenters. The van der Waals surface area contributed by atoms with Gasteiger partial charge in [-0.2, -0.15) is 0 Å². The van der Waals surface area contributed by atoms with E-state index in [2.05, 4.69) is 5.32 Å². The molecule has 108 valence electrons. The molecule has 0 aliphatic rings. The number of ether oxygens (including phenoxy) is 1. The zero-order valence-corrected chi connectivity index (χ0v) is 12.5. The number of methoxy groups -OCH3 is 1. The monoisotopic (exact) mass is 281 g/mol. The van der Waals surface area contributed by atoms with Crippen LogP contribution in [-0.4, -0.2) is 13.0 Å². The largest absolute Gasteiger partial charge is 0.497 e. The second-order valence-electron chi connectivity index (χ2n) is 4.86. The molecule has 0 spiro atoms. The summed E-state index contributed by atoms with van der Waals surface area (Å²) < 4.78 is 5.23. The standard InChI is InChI=1S/C18H19NO2/c1-13-11-16(21-3)12-14(2)17(13)9-10-18(20)19-15-7-5-4-6-8-15/h4-12H,1-3H3,(H,19,20)/b10-9+. The zero-order chi connectivity index (χ0) is 15.2. The van der Waals surface area contributed by atoms with Crippen molar-refractivity contribution in [3.63, 3.8) is 0 Å². The number of amides is 1. The number of carbonyl (C=O) groups is 1. The highest BCUT2D eigenvalue weighted by molar-refractivity contribution is 6.02. The fourth-order valence-corrected chi connectivity index (χ4v) is 2.18. The van der Waals surface area contributed by atoms with Gasteiger partial charge in [-0.15, -0.1) is 0 Å². The van der Waals surface area contributed by atoms with Gasteiger partial charge in [-0.3, -0.25) is 4.79 Å². The van der Waals surface area contributed by atoms with Crippen LogP contribution in [0.3, 0.4) is 0 Å². The lowest BCUT2D eigenvalue weighted by Crippen LogP contribution is -2.07. The lowest BCUT2D eigenvalue weighted by Gasteiger charge is -2.08. The molecule has 0 aliphatic heterocycles. The molecule has 21 heavy (non-hydrogen) atoms. The van der Waals surface area contributed by atoms with Crippen LogP contribution in [0.1, 0.15) is 16.7 Å². The molecule has 2 rings (SSSR count). The van der Waals surface area contributed by atoms with Gasteiger partial charge in [0.25, 0.3) is 0 Å². The van der Waals surface area contributed by atoms with Gasteiger partial charge in [-0.25, -0.2) is 0 Å². The Labute approximate surface area is 125 Å². The number of para-hydroxylation sites is 1. The van der Waals surface area contributed by atoms with Gasteiger partial charge in [-0.05, 0) is 60.9 Å². The first-order valence-electron chi connectivity index (χ1n) is 6.79. The number of rotatable bonds is 4. The first-order valence-corrected chi connectivity index (χ1v) is 6.79. The fourth-order valence-electron chi connectivity index (χ4n) is 2.18.